The lowest BCUT2D eigenvalue weighted by atomic mass is 10.1. The Hall–Kier alpha value is -0.980. The first-order valence-corrected chi connectivity index (χ1v) is 7.35. The van der Waals surface area contributed by atoms with Gasteiger partial charge in [-0.15, -0.1) is 0 Å². The van der Waals surface area contributed by atoms with Crippen LogP contribution in [-0.4, -0.2) is 48.9 Å². The second-order valence-corrected chi connectivity index (χ2v) is 6.73. The predicted molar refractivity (Wildman–Crippen MR) is 66.1 cm³/mol. The Kier molecular flexibility index (Phi) is 3.46. The summed E-state index contributed by atoms with van der Waals surface area (Å²) in [6.45, 7) is 0.691. The van der Waals surface area contributed by atoms with Gasteiger partial charge in [0.15, 0.2) is 9.84 Å². The van der Waals surface area contributed by atoms with Gasteiger partial charge >= 0.3 is 0 Å². The molecule has 6 heteroatoms. The van der Waals surface area contributed by atoms with E-state index < -0.39 is 9.84 Å². The maximum Gasteiger partial charge on any atom is 0.153 e. The van der Waals surface area contributed by atoms with E-state index in [1.54, 1.807) is 12.4 Å². The summed E-state index contributed by atoms with van der Waals surface area (Å²) in [6, 6.07) is 3.47. The van der Waals surface area contributed by atoms with Gasteiger partial charge in [-0.2, -0.15) is 0 Å². The largest absolute Gasteiger partial charge is 0.325 e. The van der Waals surface area contributed by atoms with Crippen LogP contribution in [0.5, 0.6) is 0 Å². The summed E-state index contributed by atoms with van der Waals surface area (Å²) in [4.78, 5) is 5.95. The van der Waals surface area contributed by atoms with E-state index >= 15 is 0 Å². The van der Waals surface area contributed by atoms with Crippen molar-refractivity contribution in [1.82, 2.24) is 9.88 Å². The Bertz CT molecular complexity index is 475. The summed E-state index contributed by atoms with van der Waals surface area (Å²) >= 11 is 0. The number of pyridine rings is 1. The van der Waals surface area contributed by atoms with Gasteiger partial charge in [-0.3, -0.25) is 9.88 Å². The maximum absolute atomic E-state index is 11.5. The first kappa shape index (κ1) is 12.5. The van der Waals surface area contributed by atoms with E-state index in [0.29, 0.717) is 6.54 Å². The van der Waals surface area contributed by atoms with Gasteiger partial charge in [0.25, 0.3) is 0 Å². The predicted octanol–water partition coefficient (Wildman–Crippen LogP) is -0.362. The number of hydrogen-bond acceptors (Lipinski definition) is 5. The molecule has 2 unspecified atom stereocenters. The maximum atomic E-state index is 11.5. The number of nitrogens with two attached hydrogens (primary N) is 1. The van der Waals surface area contributed by atoms with Crippen LogP contribution in [-0.2, 0) is 16.4 Å². The third kappa shape index (κ3) is 3.02. The third-order valence-corrected chi connectivity index (χ3v) is 4.85. The van der Waals surface area contributed by atoms with Gasteiger partial charge in [-0.25, -0.2) is 8.42 Å². The van der Waals surface area contributed by atoms with Crippen LogP contribution >= 0.6 is 0 Å². The van der Waals surface area contributed by atoms with Crippen LogP contribution in [0.25, 0.3) is 0 Å². The van der Waals surface area contributed by atoms with Gasteiger partial charge in [0, 0.05) is 31.0 Å². The van der Waals surface area contributed by atoms with Gasteiger partial charge in [-0.1, -0.05) is 0 Å². The molecule has 0 saturated carbocycles. The van der Waals surface area contributed by atoms with Crippen molar-refractivity contribution in [2.45, 2.75) is 18.6 Å². The second-order valence-electron chi connectivity index (χ2n) is 4.58. The zero-order chi connectivity index (χ0) is 12.5. The first-order chi connectivity index (χ1) is 7.98. The molecule has 1 saturated heterocycles. The molecule has 1 aliphatic heterocycles. The number of nitrogens with zero attached hydrogens (tertiary/aromatic N) is 2. The van der Waals surface area contributed by atoms with Crippen LogP contribution < -0.4 is 5.73 Å². The standard InChI is InChI=1S/C11H17N3O2S/c1-14(6-9-2-4-13-5-3-9)11-8-17(15,16)7-10(11)12/h2-5,10-11H,6-8,12H2,1H3. The van der Waals surface area contributed by atoms with E-state index in [1.165, 1.54) is 0 Å². The molecule has 5 nitrogen and oxygen atoms in total. The van der Waals surface area contributed by atoms with Crippen molar-refractivity contribution < 1.29 is 8.42 Å². The molecule has 2 heterocycles. The smallest absolute Gasteiger partial charge is 0.153 e. The fourth-order valence-corrected chi connectivity index (χ4v) is 4.17. The monoisotopic (exact) mass is 255 g/mol. The molecule has 0 spiro atoms. The summed E-state index contributed by atoms with van der Waals surface area (Å²) in [7, 11) is -1.05. The molecule has 1 fully saturated rings. The first-order valence-electron chi connectivity index (χ1n) is 5.53. The minimum atomic E-state index is -2.96. The summed E-state index contributed by atoms with van der Waals surface area (Å²) in [5, 5.41) is 0. The minimum absolute atomic E-state index is 0.0897. The van der Waals surface area contributed by atoms with Gasteiger partial charge in [0.05, 0.1) is 11.5 Å². The number of likely N-dealkylation sites (N-methyl/N-ethyl adjacent to an activating group) is 1. The zero-order valence-corrected chi connectivity index (χ0v) is 10.6. The van der Waals surface area contributed by atoms with Crippen LogP contribution in [0.1, 0.15) is 5.56 Å². The van der Waals surface area contributed by atoms with Crippen LogP contribution in [0.3, 0.4) is 0 Å². The molecule has 0 aromatic carbocycles. The highest BCUT2D eigenvalue weighted by Gasteiger charge is 2.37. The van der Waals surface area contributed by atoms with Gasteiger partial charge in [0.2, 0.25) is 0 Å². The fourth-order valence-electron chi connectivity index (χ4n) is 2.20. The Morgan fingerprint density at radius 2 is 2.06 bits per heavy atom. The molecule has 2 N–H and O–H groups in total. The Morgan fingerprint density at radius 3 is 2.59 bits per heavy atom. The zero-order valence-electron chi connectivity index (χ0n) is 9.78. The van der Waals surface area contributed by atoms with Crippen LogP contribution in [0, 0.1) is 0 Å². The fraction of sp³-hybridized carbons (Fsp3) is 0.545. The SMILES string of the molecule is CN(Cc1ccncc1)C1CS(=O)(=O)CC1N. The van der Waals surface area contributed by atoms with E-state index in [1.807, 2.05) is 24.1 Å². The van der Waals surface area contributed by atoms with E-state index in [9.17, 15) is 8.42 Å². The lowest BCUT2D eigenvalue weighted by Gasteiger charge is -2.26. The van der Waals surface area contributed by atoms with E-state index in [-0.39, 0.29) is 23.6 Å². The number of aromatic nitrogens is 1. The number of sulfone groups is 1. The van der Waals surface area contributed by atoms with E-state index in [0.717, 1.165) is 5.56 Å². The van der Waals surface area contributed by atoms with Crippen molar-refractivity contribution in [3.05, 3.63) is 30.1 Å². The molecule has 1 aliphatic rings. The van der Waals surface area contributed by atoms with Crippen molar-refractivity contribution in [2.75, 3.05) is 18.6 Å². The molecule has 0 bridgehead atoms. The molecule has 94 valence electrons. The highest BCUT2D eigenvalue weighted by Crippen LogP contribution is 2.17. The molecule has 0 aliphatic carbocycles. The normalized spacial score (nSPS) is 27.5. The molecule has 0 radical (unpaired) electrons. The average molecular weight is 255 g/mol. The molecular formula is C11H17N3O2S. The summed E-state index contributed by atoms with van der Waals surface area (Å²) in [6.07, 6.45) is 3.46. The van der Waals surface area contributed by atoms with Crippen LogP contribution in [0.15, 0.2) is 24.5 Å². The van der Waals surface area contributed by atoms with Crippen molar-refractivity contribution >= 4 is 9.84 Å². The third-order valence-electron chi connectivity index (χ3n) is 3.11. The van der Waals surface area contributed by atoms with Crippen LogP contribution in [0.4, 0.5) is 0 Å². The summed E-state index contributed by atoms with van der Waals surface area (Å²) < 4.78 is 23.0. The number of rotatable bonds is 3. The average Bonchev–Trinajstić information content (AvgIpc) is 2.54. The molecule has 1 aromatic heterocycles. The quantitative estimate of drug-likeness (QED) is 0.798. The lowest BCUT2D eigenvalue weighted by Crippen LogP contribution is -2.44. The Balaban J connectivity index is 2.04. The highest BCUT2D eigenvalue weighted by molar-refractivity contribution is 7.91. The lowest BCUT2D eigenvalue weighted by molar-refractivity contribution is 0.236. The highest BCUT2D eigenvalue weighted by atomic mass is 32.2. The topological polar surface area (TPSA) is 76.3 Å². The number of hydrogen-bond donors (Lipinski definition) is 1. The van der Waals surface area contributed by atoms with Crippen LogP contribution in [0.2, 0.25) is 0 Å². The molecular weight excluding hydrogens is 238 g/mol. The summed E-state index contributed by atoms with van der Waals surface area (Å²) in [5.41, 5.74) is 6.99. The molecule has 17 heavy (non-hydrogen) atoms. The summed E-state index contributed by atoms with van der Waals surface area (Å²) in [5.74, 6) is 0.258. The van der Waals surface area contributed by atoms with Crippen molar-refractivity contribution in [2.24, 2.45) is 5.73 Å². The molecule has 2 atom stereocenters. The molecule has 2 rings (SSSR count). The van der Waals surface area contributed by atoms with Crippen molar-refractivity contribution in [3.8, 4) is 0 Å². The minimum Gasteiger partial charge on any atom is -0.325 e. The Morgan fingerprint density at radius 1 is 1.41 bits per heavy atom. The van der Waals surface area contributed by atoms with Gasteiger partial charge in [-0.05, 0) is 24.7 Å². The molecule has 0 amide bonds. The second kappa shape index (κ2) is 4.72. The van der Waals surface area contributed by atoms with Gasteiger partial charge < -0.3 is 5.73 Å². The Labute approximate surface area is 102 Å². The van der Waals surface area contributed by atoms with Crippen molar-refractivity contribution in [1.29, 1.82) is 0 Å². The van der Waals surface area contributed by atoms with E-state index in [2.05, 4.69) is 4.98 Å². The van der Waals surface area contributed by atoms with Gasteiger partial charge in [0.1, 0.15) is 0 Å². The van der Waals surface area contributed by atoms with E-state index in [4.69, 9.17) is 5.73 Å². The molecule has 1 aromatic rings. The van der Waals surface area contributed by atoms with Crippen molar-refractivity contribution in [3.63, 3.8) is 0 Å².